The Morgan fingerprint density at radius 1 is 0.960 bits per heavy atom. The summed E-state index contributed by atoms with van der Waals surface area (Å²) in [6.07, 6.45) is -0.949. The largest absolute Gasteiger partial charge is 0.347 e. The quantitative estimate of drug-likeness (QED) is 0.535. The van der Waals surface area contributed by atoms with Gasteiger partial charge in [-0.15, -0.1) is 0 Å². The third kappa shape index (κ3) is 4.22. The average Bonchev–Trinajstić information content (AvgIpc) is 2.58. The fraction of sp³-hybridized carbons (Fsp3) is 0.333. The molecule has 2 aromatic carbocycles. The SMILES string of the molecule is COC(OC)(c1ccc(Cl)cc1)C(C)OS(=O)(=O)c1ccc(C)cc1. The first kappa shape index (κ1) is 19.9. The molecule has 0 radical (unpaired) electrons. The predicted octanol–water partition coefficient (Wildman–Crippen LogP) is 3.89. The van der Waals surface area contributed by atoms with Crippen molar-refractivity contribution in [2.45, 2.75) is 30.6 Å². The van der Waals surface area contributed by atoms with Crippen LogP contribution < -0.4 is 0 Å². The van der Waals surface area contributed by atoms with Gasteiger partial charge in [-0.2, -0.15) is 8.42 Å². The monoisotopic (exact) mass is 384 g/mol. The minimum absolute atomic E-state index is 0.0714. The van der Waals surface area contributed by atoms with Crippen molar-refractivity contribution in [3.8, 4) is 0 Å². The zero-order chi connectivity index (χ0) is 18.7. The van der Waals surface area contributed by atoms with Crippen molar-refractivity contribution in [2.24, 2.45) is 0 Å². The zero-order valence-electron chi connectivity index (χ0n) is 14.5. The van der Waals surface area contributed by atoms with Crippen molar-refractivity contribution in [1.82, 2.24) is 0 Å². The highest BCUT2D eigenvalue weighted by Crippen LogP contribution is 2.34. The standard InChI is InChI=1S/C18H21ClO5S/c1-13-5-11-17(12-6-13)25(20,21)24-14(2)18(22-3,23-4)15-7-9-16(19)10-8-15/h5-12,14H,1-4H3. The first-order valence-electron chi connectivity index (χ1n) is 7.61. The van der Waals surface area contributed by atoms with Crippen LogP contribution in [0.2, 0.25) is 5.02 Å². The number of methoxy groups -OCH3 is 2. The van der Waals surface area contributed by atoms with E-state index in [4.69, 9.17) is 25.3 Å². The summed E-state index contributed by atoms with van der Waals surface area (Å²) in [5.41, 5.74) is 1.55. The van der Waals surface area contributed by atoms with E-state index < -0.39 is 22.0 Å². The molecule has 5 nitrogen and oxygen atoms in total. The van der Waals surface area contributed by atoms with Crippen molar-refractivity contribution in [3.63, 3.8) is 0 Å². The molecule has 2 aromatic rings. The van der Waals surface area contributed by atoms with Gasteiger partial charge in [0.05, 0.1) is 4.90 Å². The molecule has 0 aliphatic rings. The van der Waals surface area contributed by atoms with Crippen LogP contribution in [0, 0.1) is 6.92 Å². The highest BCUT2D eigenvalue weighted by Gasteiger charge is 2.42. The van der Waals surface area contributed by atoms with Crippen molar-refractivity contribution in [2.75, 3.05) is 14.2 Å². The second kappa shape index (κ2) is 7.85. The molecule has 25 heavy (non-hydrogen) atoms. The van der Waals surface area contributed by atoms with Crippen molar-refractivity contribution < 1.29 is 22.1 Å². The van der Waals surface area contributed by atoms with E-state index in [1.165, 1.54) is 26.4 Å². The minimum atomic E-state index is -3.98. The number of rotatable bonds is 7. The number of aryl methyl sites for hydroxylation is 1. The lowest BCUT2D eigenvalue weighted by atomic mass is 10.0. The summed E-state index contributed by atoms with van der Waals surface area (Å²) in [4.78, 5) is 0.0714. The molecule has 1 unspecified atom stereocenters. The van der Waals surface area contributed by atoms with Gasteiger partial charge < -0.3 is 9.47 Å². The van der Waals surface area contributed by atoms with Crippen molar-refractivity contribution in [1.29, 1.82) is 0 Å². The van der Waals surface area contributed by atoms with Crippen LogP contribution in [0.3, 0.4) is 0 Å². The number of hydrogen-bond acceptors (Lipinski definition) is 5. The van der Waals surface area contributed by atoms with Crippen molar-refractivity contribution in [3.05, 3.63) is 64.7 Å². The molecule has 0 heterocycles. The Morgan fingerprint density at radius 2 is 1.48 bits per heavy atom. The lowest BCUT2D eigenvalue weighted by molar-refractivity contribution is -0.257. The molecule has 0 aliphatic carbocycles. The molecule has 0 saturated heterocycles. The normalized spacial score (nSPS) is 13.6. The van der Waals surface area contributed by atoms with Gasteiger partial charge in [-0.1, -0.05) is 41.4 Å². The number of benzene rings is 2. The summed E-state index contributed by atoms with van der Waals surface area (Å²) in [5, 5.41) is 0.547. The zero-order valence-corrected chi connectivity index (χ0v) is 16.1. The Kier molecular flexibility index (Phi) is 6.24. The Morgan fingerprint density at radius 3 is 1.96 bits per heavy atom. The summed E-state index contributed by atoms with van der Waals surface area (Å²) in [7, 11) is -1.13. The fourth-order valence-corrected chi connectivity index (χ4v) is 3.79. The van der Waals surface area contributed by atoms with E-state index in [-0.39, 0.29) is 4.90 Å². The fourth-order valence-electron chi connectivity index (χ4n) is 2.58. The second-order valence-corrected chi connectivity index (χ2v) is 7.60. The minimum Gasteiger partial charge on any atom is -0.347 e. The smallest absolute Gasteiger partial charge is 0.297 e. The van der Waals surface area contributed by atoms with E-state index >= 15 is 0 Å². The number of ether oxygens (including phenoxy) is 2. The van der Waals surface area contributed by atoms with E-state index in [1.54, 1.807) is 43.3 Å². The van der Waals surface area contributed by atoms with Crippen LogP contribution >= 0.6 is 11.6 Å². The summed E-state index contributed by atoms with van der Waals surface area (Å²) >= 11 is 5.92. The van der Waals surface area contributed by atoms with Crippen LogP contribution in [-0.2, 0) is 29.6 Å². The molecule has 2 rings (SSSR count). The summed E-state index contributed by atoms with van der Waals surface area (Å²) in [5.74, 6) is -1.40. The first-order chi connectivity index (χ1) is 11.7. The highest BCUT2D eigenvalue weighted by atomic mass is 35.5. The summed E-state index contributed by atoms with van der Waals surface area (Å²) in [6.45, 7) is 3.45. The molecular formula is C18H21ClO5S. The summed E-state index contributed by atoms with van der Waals surface area (Å²) in [6, 6.07) is 13.2. The predicted molar refractivity (Wildman–Crippen MR) is 96.1 cm³/mol. The van der Waals surface area contributed by atoms with Gasteiger partial charge in [-0.3, -0.25) is 4.18 Å². The van der Waals surface area contributed by atoms with E-state index in [0.717, 1.165) is 5.56 Å². The first-order valence-corrected chi connectivity index (χ1v) is 9.40. The van der Waals surface area contributed by atoms with Crippen LogP contribution in [0.25, 0.3) is 0 Å². The molecule has 0 bridgehead atoms. The van der Waals surface area contributed by atoms with Gasteiger partial charge in [0.15, 0.2) is 0 Å². The Bertz CT molecular complexity index is 796. The maximum Gasteiger partial charge on any atom is 0.297 e. The maximum absolute atomic E-state index is 12.6. The maximum atomic E-state index is 12.6. The Labute approximate surface area is 153 Å². The van der Waals surface area contributed by atoms with Crippen LogP contribution in [0.4, 0.5) is 0 Å². The number of halogens is 1. The van der Waals surface area contributed by atoms with E-state index in [2.05, 4.69) is 0 Å². The third-order valence-electron chi connectivity index (χ3n) is 3.97. The van der Waals surface area contributed by atoms with Gasteiger partial charge in [0.2, 0.25) is 5.79 Å². The Balaban J connectivity index is 2.35. The molecular weight excluding hydrogens is 364 g/mol. The molecule has 1 atom stereocenters. The molecule has 0 spiro atoms. The van der Waals surface area contributed by atoms with Gasteiger partial charge in [-0.05, 0) is 38.1 Å². The lowest BCUT2D eigenvalue weighted by Gasteiger charge is -2.36. The Hall–Kier alpha value is -1.44. The molecule has 0 N–H and O–H groups in total. The molecule has 0 amide bonds. The van der Waals surface area contributed by atoms with Crippen LogP contribution in [0.1, 0.15) is 18.1 Å². The topological polar surface area (TPSA) is 61.8 Å². The van der Waals surface area contributed by atoms with E-state index in [0.29, 0.717) is 10.6 Å². The van der Waals surface area contributed by atoms with Crippen LogP contribution in [-0.4, -0.2) is 28.7 Å². The molecule has 0 saturated carbocycles. The van der Waals surface area contributed by atoms with Gasteiger partial charge in [0.1, 0.15) is 6.10 Å². The van der Waals surface area contributed by atoms with Crippen molar-refractivity contribution >= 4 is 21.7 Å². The molecule has 0 aliphatic heterocycles. The molecule has 0 fully saturated rings. The van der Waals surface area contributed by atoms with Gasteiger partial charge in [-0.25, -0.2) is 0 Å². The molecule has 0 aromatic heterocycles. The third-order valence-corrected chi connectivity index (χ3v) is 5.61. The van der Waals surface area contributed by atoms with E-state index in [1.807, 2.05) is 6.92 Å². The van der Waals surface area contributed by atoms with E-state index in [9.17, 15) is 8.42 Å². The van der Waals surface area contributed by atoms with Gasteiger partial charge in [0.25, 0.3) is 10.1 Å². The van der Waals surface area contributed by atoms with Crippen LogP contribution in [0.15, 0.2) is 53.4 Å². The highest BCUT2D eigenvalue weighted by molar-refractivity contribution is 7.86. The lowest BCUT2D eigenvalue weighted by Crippen LogP contribution is -2.44. The van der Waals surface area contributed by atoms with Gasteiger partial charge in [0, 0.05) is 24.8 Å². The average molecular weight is 385 g/mol. The molecule has 136 valence electrons. The summed E-state index contributed by atoms with van der Waals surface area (Å²) < 4.78 is 41.6. The number of hydrogen-bond donors (Lipinski definition) is 0. The van der Waals surface area contributed by atoms with Gasteiger partial charge >= 0.3 is 0 Å². The molecule has 7 heteroatoms. The second-order valence-electron chi connectivity index (χ2n) is 5.59. The van der Waals surface area contributed by atoms with Crippen LogP contribution in [0.5, 0.6) is 0 Å².